The topological polar surface area (TPSA) is 29.1 Å². The predicted molar refractivity (Wildman–Crippen MR) is 79.4 cm³/mol. The smallest absolute Gasteiger partial charge is 0.228 e. The third-order valence-corrected chi connectivity index (χ3v) is 3.24. The molecule has 0 saturated carbocycles. The van der Waals surface area contributed by atoms with E-state index in [1.807, 2.05) is 56.3 Å². The van der Waals surface area contributed by atoms with E-state index < -0.39 is 0 Å². The highest BCUT2D eigenvalue weighted by Crippen LogP contribution is 2.14. The van der Waals surface area contributed by atoms with Gasteiger partial charge in [0, 0.05) is 5.69 Å². The molecule has 1 N–H and O–H groups in total. The summed E-state index contributed by atoms with van der Waals surface area (Å²) >= 11 is 0. The average molecular weight is 253 g/mol. The third-order valence-electron chi connectivity index (χ3n) is 3.24. The zero-order valence-corrected chi connectivity index (χ0v) is 11.7. The Hall–Kier alpha value is -2.09. The lowest BCUT2D eigenvalue weighted by Crippen LogP contribution is -2.14. The number of anilines is 1. The highest BCUT2D eigenvalue weighted by Gasteiger charge is 2.05. The molecule has 0 fully saturated rings. The lowest BCUT2D eigenvalue weighted by atomic mass is 10.1. The molecular weight excluding hydrogens is 234 g/mol. The summed E-state index contributed by atoms with van der Waals surface area (Å²) in [4.78, 5) is 12.0. The van der Waals surface area contributed by atoms with Gasteiger partial charge in [0.1, 0.15) is 0 Å². The third kappa shape index (κ3) is 3.68. The molecule has 2 nitrogen and oxygen atoms in total. The van der Waals surface area contributed by atoms with Crippen LogP contribution in [0.3, 0.4) is 0 Å². The second-order valence-corrected chi connectivity index (χ2v) is 5.01. The van der Waals surface area contributed by atoms with Gasteiger partial charge in [0.25, 0.3) is 0 Å². The van der Waals surface area contributed by atoms with Crippen LogP contribution in [0.2, 0.25) is 0 Å². The van der Waals surface area contributed by atoms with E-state index in [2.05, 4.69) is 12.2 Å². The maximum Gasteiger partial charge on any atom is 0.228 e. The van der Waals surface area contributed by atoms with Crippen LogP contribution in [-0.4, -0.2) is 5.91 Å². The Morgan fingerprint density at radius 2 is 1.79 bits per heavy atom. The largest absolute Gasteiger partial charge is 0.326 e. The molecule has 0 aliphatic carbocycles. The van der Waals surface area contributed by atoms with E-state index in [9.17, 15) is 4.79 Å². The minimum Gasteiger partial charge on any atom is -0.326 e. The van der Waals surface area contributed by atoms with E-state index in [1.54, 1.807) is 0 Å². The SMILES string of the molecule is Cc1cccc(CC(=O)Nc2ccc(C)c(C)c2)c1. The summed E-state index contributed by atoms with van der Waals surface area (Å²) in [5, 5.41) is 2.94. The monoisotopic (exact) mass is 253 g/mol. The molecule has 2 aromatic rings. The van der Waals surface area contributed by atoms with Crippen molar-refractivity contribution in [3.05, 3.63) is 64.7 Å². The molecule has 1 amide bonds. The van der Waals surface area contributed by atoms with Gasteiger partial charge in [0.05, 0.1) is 6.42 Å². The number of carbonyl (C=O) groups excluding carboxylic acids is 1. The first-order valence-corrected chi connectivity index (χ1v) is 6.47. The van der Waals surface area contributed by atoms with Crippen LogP contribution in [-0.2, 0) is 11.2 Å². The highest BCUT2D eigenvalue weighted by atomic mass is 16.1. The Kier molecular flexibility index (Phi) is 4.00. The van der Waals surface area contributed by atoms with Crippen LogP contribution >= 0.6 is 0 Å². The standard InChI is InChI=1S/C17H19NO/c1-12-5-4-6-15(9-12)11-17(19)18-16-8-7-13(2)14(3)10-16/h4-10H,11H2,1-3H3,(H,18,19). The van der Waals surface area contributed by atoms with Gasteiger partial charge in [-0.2, -0.15) is 0 Å². The van der Waals surface area contributed by atoms with Gasteiger partial charge in [0.15, 0.2) is 0 Å². The molecule has 19 heavy (non-hydrogen) atoms. The van der Waals surface area contributed by atoms with Crippen LogP contribution in [0.15, 0.2) is 42.5 Å². The average Bonchev–Trinajstić information content (AvgIpc) is 2.34. The second-order valence-electron chi connectivity index (χ2n) is 5.01. The van der Waals surface area contributed by atoms with Crippen molar-refractivity contribution in [3.8, 4) is 0 Å². The van der Waals surface area contributed by atoms with Gasteiger partial charge in [0.2, 0.25) is 5.91 Å². The number of hydrogen-bond acceptors (Lipinski definition) is 1. The van der Waals surface area contributed by atoms with Crippen molar-refractivity contribution in [1.82, 2.24) is 0 Å². The lowest BCUT2D eigenvalue weighted by molar-refractivity contribution is -0.115. The van der Waals surface area contributed by atoms with Crippen molar-refractivity contribution in [2.45, 2.75) is 27.2 Å². The Labute approximate surface area is 114 Å². The molecule has 0 heterocycles. The molecule has 0 aliphatic heterocycles. The van der Waals surface area contributed by atoms with Gasteiger partial charge in [-0.15, -0.1) is 0 Å². The van der Waals surface area contributed by atoms with E-state index in [4.69, 9.17) is 0 Å². The molecule has 0 bridgehead atoms. The van der Waals surface area contributed by atoms with Crippen LogP contribution in [0, 0.1) is 20.8 Å². The number of amides is 1. The summed E-state index contributed by atoms with van der Waals surface area (Å²) in [5.74, 6) is 0.0221. The Morgan fingerprint density at radius 1 is 1.00 bits per heavy atom. The maximum atomic E-state index is 12.0. The van der Waals surface area contributed by atoms with Gasteiger partial charge in [-0.1, -0.05) is 35.9 Å². The van der Waals surface area contributed by atoms with E-state index >= 15 is 0 Å². The fraction of sp³-hybridized carbons (Fsp3) is 0.235. The summed E-state index contributed by atoms with van der Waals surface area (Å²) in [5.41, 5.74) is 5.50. The highest BCUT2D eigenvalue weighted by molar-refractivity contribution is 5.92. The molecular formula is C17H19NO. The Morgan fingerprint density at radius 3 is 2.47 bits per heavy atom. The summed E-state index contributed by atoms with van der Waals surface area (Å²) in [7, 11) is 0. The van der Waals surface area contributed by atoms with Gasteiger partial charge >= 0.3 is 0 Å². The first-order valence-electron chi connectivity index (χ1n) is 6.47. The molecule has 0 unspecified atom stereocenters. The molecule has 0 aromatic heterocycles. The molecule has 0 atom stereocenters. The normalized spacial score (nSPS) is 10.3. The zero-order chi connectivity index (χ0) is 13.8. The van der Waals surface area contributed by atoms with Gasteiger partial charge in [-0.25, -0.2) is 0 Å². The van der Waals surface area contributed by atoms with Crippen LogP contribution in [0.1, 0.15) is 22.3 Å². The van der Waals surface area contributed by atoms with Crippen LogP contribution in [0.4, 0.5) is 5.69 Å². The second kappa shape index (κ2) is 5.70. The van der Waals surface area contributed by atoms with Crippen LogP contribution in [0.25, 0.3) is 0 Å². The van der Waals surface area contributed by atoms with Crippen molar-refractivity contribution in [2.24, 2.45) is 0 Å². The van der Waals surface area contributed by atoms with Crippen LogP contribution in [0.5, 0.6) is 0 Å². The van der Waals surface area contributed by atoms with Crippen molar-refractivity contribution >= 4 is 11.6 Å². The summed E-state index contributed by atoms with van der Waals surface area (Å²) in [6, 6.07) is 14.0. The minimum atomic E-state index is 0.0221. The molecule has 2 heteroatoms. The summed E-state index contributed by atoms with van der Waals surface area (Å²) in [6.45, 7) is 6.14. The zero-order valence-electron chi connectivity index (χ0n) is 11.7. The predicted octanol–water partition coefficient (Wildman–Crippen LogP) is 3.79. The molecule has 0 spiro atoms. The van der Waals surface area contributed by atoms with Crippen molar-refractivity contribution in [2.75, 3.05) is 5.32 Å². The van der Waals surface area contributed by atoms with Crippen molar-refractivity contribution in [3.63, 3.8) is 0 Å². The Balaban J connectivity index is 2.03. The number of rotatable bonds is 3. The molecule has 2 aromatic carbocycles. The van der Waals surface area contributed by atoms with Crippen LogP contribution < -0.4 is 5.32 Å². The van der Waals surface area contributed by atoms with Crippen molar-refractivity contribution < 1.29 is 4.79 Å². The van der Waals surface area contributed by atoms with E-state index in [1.165, 1.54) is 16.7 Å². The fourth-order valence-electron chi connectivity index (χ4n) is 2.03. The molecule has 98 valence electrons. The quantitative estimate of drug-likeness (QED) is 0.885. The number of hydrogen-bond donors (Lipinski definition) is 1. The van der Waals surface area contributed by atoms with Gasteiger partial charge < -0.3 is 5.32 Å². The first kappa shape index (κ1) is 13.3. The van der Waals surface area contributed by atoms with E-state index in [-0.39, 0.29) is 5.91 Å². The number of carbonyl (C=O) groups is 1. The van der Waals surface area contributed by atoms with E-state index in [0.717, 1.165) is 11.3 Å². The molecule has 0 aliphatic rings. The molecule has 0 saturated heterocycles. The minimum absolute atomic E-state index is 0.0221. The van der Waals surface area contributed by atoms with Gasteiger partial charge in [-0.05, 0) is 49.6 Å². The molecule has 0 radical (unpaired) electrons. The number of benzene rings is 2. The number of aryl methyl sites for hydroxylation is 3. The fourth-order valence-corrected chi connectivity index (χ4v) is 2.03. The van der Waals surface area contributed by atoms with E-state index in [0.29, 0.717) is 6.42 Å². The van der Waals surface area contributed by atoms with Gasteiger partial charge in [-0.3, -0.25) is 4.79 Å². The Bertz CT molecular complexity index is 602. The lowest BCUT2D eigenvalue weighted by Gasteiger charge is -2.08. The maximum absolute atomic E-state index is 12.0. The number of nitrogens with one attached hydrogen (secondary N) is 1. The summed E-state index contributed by atoms with van der Waals surface area (Å²) in [6.07, 6.45) is 0.411. The van der Waals surface area contributed by atoms with Crippen molar-refractivity contribution in [1.29, 1.82) is 0 Å². The molecule has 2 rings (SSSR count). The summed E-state index contributed by atoms with van der Waals surface area (Å²) < 4.78 is 0. The first-order chi connectivity index (χ1) is 9.04.